The Hall–Kier alpha value is -1.10. The summed E-state index contributed by atoms with van der Waals surface area (Å²) in [6.45, 7) is 4.92. The minimum Gasteiger partial charge on any atom is -0.351 e. The summed E-state index contributed by atoms with van der Waals surface area (Å²) in [5.41, 5.74) is 0.955. The molecule has 0 atom stereocenters. The number of nitrogens with one attached hydrogen (secondary N) is 1. The summed E-state index contributed by atoms with van der Waals surface area (Å²) in [4.78, 5) is 16.3. The van der Waals surface area contributed by atoms with E-state index in [1.54, 1.807) is 0 Å². The van der Waals surface area contributed by atoms with E-state index in [1.807, 2.05) is 24.3 Å². The normalized spacial score (nSPS) is 17.4. The molecule has 1 heterocycles. The van der Waals surface area contributed by atoms with Crippen molar-refractivity contribution in [3.63, 3.8) is 0 Å². The number of nitrogens with zero attached hydrogens (tertiary/aromatic N) is 2. The number of benzene rings is 1. The van der Waals surface area contributed by atoms with Gasteiger partial charge in [0.1, 0.15) is 0 Å². The van der Waals surface area contributed by atoms with Crippen LogP contribution < -0.4 is 5.32 Å². The smallest absolute Gasteiger partial charge is 0.234 e. The fourth-order valence-corrected chi connectivity index (χ4v) is 2.30. The van der Waals surface area contributed by atoms with Gasteiger partial charge in [-0.1, -0.05) is 29.8 Å². The molecule has 1 aliphatic rings. The fraction of sp³-hybridized carbons (Fsp3) is 0.500. The number of rotatable bonds is 4. The van der Waals surface area contributed by atoms with Crippen LogP contribution in [0.25, 0.3) is 0 Å². The quantitative estimate of drug-likeness (QED) is 0.901. The molecule has 2 rings (SSSR count). The average Bonchev–Trinajstić information content (AvgIpc) is 2.40. The molecular weight excluding hydrogens is 262 g/mol. The maximum Gasteiger partial charge on any atom is 0.234 e. The lowest BCUT2D eigenvalue weighted by Gasteiger charge is -2.31. The molecule has 1 fully saturated rings. The van der Waals surface area contributed by atoms with E-state index in [0.717, 1.165) is 31.7 Å². The zero-order chi connectivity index (χ0) is 13.7. The monoisotopic (exact) mass is 281 g/mol. The number of likely N-dealkylation sites (N-methyl/N-ethyl adjacent to an activating group) is 1. The third kappa shape index (κ3) is 4.49. The molecule has 0 saturated carbocycles. The van der Waals surface area contributed by atoms with Crippen LogP contribution in [0.5, 0.6) is 0 Å². The van der Waals surface area contributed by atoms with Crippen molar-refractivity contribution in [3.05, 3.63) is 34.9 Å². The molecule has 0 bridgehead atoms. The van der Waals surface area contributed by atoms with Crippen molar-refractivity contribution in [2.75, 3.05) is 39.8 Å². The van der Waals surface area contributed by atoms with E-state index in [-0.39, 0.29) is 5.91 Å². The zero-order valence-corrected chi connectivity index (χ0v) is 12.0. The number of carbonyl (C=O) groups excluding carboxylic acids is 1. The van der Waals surface area contributed by atoms with Gasteiger partial charge in [0, 0.05) is 37.7 Å². The van der Waals surface area contributed by atoms with E-state index < -0.39 is 0 Å². The van der Waals surface area contributed by atoms with Gasteiger partial charge >= 0.3 is 0 Å². The first-order chi connectivity index (χ1) is 9.15. The number of hydrogen-bond donors (Lipinski definition) is 1. The molecule has 4 nitrogen and oxygen atoms in total. The average molecular weight is 282 g/mol. The summed E-state index contributed by atoms with van der Waals surface area (Å²) in [5.74, 6) is 0.0597. The molecule has 19 heavy (non-hydrogen) atoms. The lowest BCUT2D eigenvalue weighted by Crippen LogP contribution is -2.48. The van der Waals surface area contributed by atoms with Crippen molar-refractivity contribution in [2.24, 2.45) is 0 Å². The Morgan fingerprint density at radius 2 is 1.95 bits per heavy atom. The molecular formula is C14H20ClN3O. The number of halogens is 1. The molecule has 1 N–H and O–H groups in total. The second kappa shape index (κ2) is 6.89. The van der Waals surface area contributed by atoms with E-state index in [4.69, 9.17) is 11.6 Å². The van der Waals surface area contributed by atoms with Crippen molar-refractivity contribution in [1.82, 2.24) is 15.1 Å². The van der Waals surface area contributed by atoms with Crippen LogP contribution in [0.4, 0.5) is 0 Å². The van der Waals surface area contributed by atoms with Gasteiger partial charge in [0.2, 0.25) is 5.91 Å². The molecule has 5 heteroatoms. The van der Waals surface area contributed by atoms with E-state index in [9.17, 15) is 4.79 Å². The van der Waals surface area contributed by atoms with Gasteiger partial charge in [-0.05, 0) is 18.7 Å². The first kappa shape index (κ1) is 14.3. The van der Waals surface area contributed by atoms with E-state index >= 15 is 0 Å². The van der Waals surface area contributed by atoms with Gasteiger partial charge in [-0.15, -0.1) is 0 Å². The predicted molar refractivity (Wildman–Crippen MR) is 77.2 cm³/mol. The van der Waals surface area contributed by atoms with Gasteiger partial charge < -0.3 is 10.2 Å². The van der Waals surface area contributed by atoms with Gasteiger partial charge in [-0.25, -0.2) is 0 Å². The molecule has 1 amide bonds. The second-order valence-corrected chi connectivity index (χ2v) is 5.35. The van der Waals surface area contributed by atoms with E-state index in [0.29, 0.717) is 18.1 Å². The Labute approximate surface area is 119 Å². The summed E-state index contributed by atoms with van der Waals surface area (Å²) in [6.07, 6.45) is 0. The summed E-state index contributed by atoms with van der Waals surface area (Å²) >= 11 is 6.05. The Morgan fingerprint density at radius 1 is 1.26 bits per heavy atom. The lowest BCUT2D eigenvalue weighted by molar-refractivity contribution is -0.122. The van der Waals surface area contributed by atoms with Crippen molar-refractivity contribution >= 4 is 17.5 Å². The molecule has 104 valence electrons. The van der Waals surface area contributed by atoms with Gasteiger partial charge in [-0.2, -0.15) is 0 Å². The minimum atomic E-state index is 0.0597. The van der Waals surface area contributed by atoms with Crippen molar-refractivity contribution in [3.8, 4) is 0 Å². The molecule has 1 aromatic carbocycles. The highest BCUT2D eigenvalue weighted by Crippen LogP contribution is 2.14. The Morgan fingerprint density at radius 3 is 2.63 bits per heavy atom. The highest BCUT2D eigenvalue weighted by molar-refractivity contribution is 6.31. The molecule has 0 unspecified atom stereocenters. The maximum atomic E-state index is 11.9. The highest BCUT2D eigenvalue weighted by atomic mass is 35.5. The summed E-state index contributed by atoms with van der Waals surface area (Å²) < 4.78 is 0. The topological polar surface area (TPSA) is 35.6 Å². The number of amides is 1. The standard InChI is InChI=1S/C14H20ClN3O/c1-17-6-8-18(9-7-17)11-14(19)16-10-12-4-2-3-5-13(12)15/h2-5H,6-11H2,1H3,(H,16,19). The summed E-state index contributed by atoms with van der Waals surface area (Å²) in [5, 5.41) is 3.62. The minimum absolute atomic E-state index is 0.0597. The van der Waals surface area contributed by atoms with E-state index in [2.05, 4.69) is 22.2 Å². The molecule has 1 aliphatic heterocycles. The van der Waals surface area contributed by atoms with Crippen LogP contribution in [0, 0.1) is 0 Å². The van der Waals surface area contributed by atoms with Crippen LogP contribution in [0.15, 0.2) is 24.3 Å². The Balaban J connectivity index is 1.74. The van der Waals surface area contributed by atoms with Crippen LogP contribution >= 0.6 is 11.6 Å². The van der Waals surface area contributed by atoms with Gasteiger partial charge in [0.25, 0.3) is 0 Å². The van der Waals surface area contributed by atoms with Crippen LogP contribution in [-0.2, 0) is 11.3 Å². The first-order valence-electron chi connectivity index (χ1n) is 6.56. The molecule has 0 aliphatic carbocycles. The Kier molecular flexibility index (Phi) is 5.19. The van der Waals surface area contributed by atoms with Crippen LogP contribution in [-0.4, -0.2) is 55.5 Å². The van der Waals surface area contributed by atoms with Gasteiger partial charge in [0.05, 0.1) is 6.54 Å². The van der Waals surface area contributed by atoms with E-state index in [1.165, 1.54) is 0 Å². The summed E-state index contributed by atoms with van der Waals surface area (Å²) in [6, 6.07) is 7.58. The fourth-order valence-electron chi connectivity index (χ4n) is 2.10. The lowest BCUT2D eigenvalue weighted by atomic mass is 10.2. The molecule has 1 aromatic rings. The number of carbonyl (C=O) groups is 1. The zero-order valence-electron chi connectivity index (χ0n) is 11.2. The third-order valence-corrected chi connectivity index (χ3v) is 3.77. The first-order valence-corrected chi connectivity index (χ1v) is 6.94. The molecule has 0 radical (unpaired) electrons. The number of hydrogen-bond acceptors (Lipinski definition) is 3. The third-order valence-electron chi connectivity index (χ3n) is 3.40. The molecule has 0 spiro atoms. The van der Waals surface area contributed by atoms with Crippen molar-refractivity contribution in [2.45, 2.75) is 6.54 Å². The van der Waals surface area contributed by atoms with Gasteiger partial charge in [-0.3, -0.25) is 9.69 Å². The van der Waals surface area contributed by atoms with Crippen molar-refractivity contribution in [1.29, 1.82) is 0 Å². The Bertz CT molecular complexity index is 430. The van der Waals surface area contributed by atoms with Crippen LogP contribution in [0.2, 0.25) is 5.02 Å². The SMILES string of the molecule is CN1CCN(CC(=O)NCc2ccccc2Cl)CC1. The largest absolute Gasteiger partial charge is 0.351 e. The maximum absolute atomic E-state index is 11.9. The van der Waals surface area contributed by atoms with Crippen molar-refractivity contribution < 1.29 is 4.79 Å². The number of piperazine rings is 1. The second-order valence-electron chi connectivity index (χ2n) is 4.95. The highest BCUT2D eigenvalue weighted by Gasteiger charge is 2.16. The van der Waals surface area contributed by atoms with Gasteiger partial charge in [0.15, 0.2) is 0 Å². The molecule has 1 saturated heterocycles. The predicted octanol–water partition coefficient (Wildman–Crippen LogP) is 1.20. The molecule has 0 aromatic heterocycles. The van der Waals surface area contributed by atoms with Crippen LogP contribution in [0.3, 0.4) is 0 Å². The van der Waals surface area contributed by atoms with Crippen LogP contribution in [0.1, 0.15) is 5.56 Å². The summed E-state index contributed by atoms with van der Waals surface area (Å²) in [7, 11) is 2.11.